The number of aliphatic hydroxyl groups excluding tert-OH is 3. The maximum atomic E-state index is 10.3. The maximum absolute atomic E-state index is 10.3. The third kappa shape index (κ3) is 3.49. The van der Waals surface area contributed by atoms with Crippen LogP contribution in [0.1, 0.15) is 38.3 Å². The average molecular weight is 391 g/mol. The van der Waals surface area contributed by atoms with Gasteiger partial charge in [-0.15, -0.1) is 0 Å². The zero-order valence-electron chi connectivity index (χ0n) is 15.3. The van der Waals surface area contributed by atoms with Crippen molar-refractivity contribution in [3.63, 3.8) is 0 Å². The average Bonchev–Trinajstić information content (AvgIpc) is 3.24. The molecule has 1 saturated heterocycles. The summed E-state index contributed by atoms with van der Waals surface area (Å²) in [5, 5.41) is 29.5. The molecule has 4 atom stereocenters. The minimum Gasteiger partial charge on any atom is -0.394 e. The number of hydrogen-bond acceptors (Lipinski definition) is 10. The number of nitrogen functional groups attached to an aromatic ring is 1. The molecule has 0 aromatic carbocycles. The lowest BCUT2D eigenvalue weighted by Gasteiger charge is -2.17. The summed E-state index contributed by atoms with van der Waals surface area (Å²) in [4.78, 5) is 12.8. The quantitative estimate of drug-likeness (QED) is 0.376. The molecule has 0 spiro atoms. The van der Waals surface area contributed by atoms with Gasteiger partial charge < -0.3 is 31.2 Å². The van der Waals surface area contributed by atoms with Crippen molar-refractivity contribution in [2.75, 3.05) is 17.8 Å². The van der Waals surface area contributed by atoms with Crippen molar-refractivity contribution in [3.8, 4) is 0 Å². The second-order valence-electron chi connectivity index (χ2n) is 7.12. The summed E-state index contributed by atoms with van der Waals surface area (Å²) in [5.41, 5.74) is 13.9. The molecule has 0 bridgehead atoms. The van der Waals surface area contributed by atoms with E-state index in [2.05, 4.69) is 25.8 Å². The van der Waals surface area contributed by atoms with Crippen LogP contribution < -0.4 is 16.6 Å². The molecule has 3 heterocycles. The Kier molecular flexibility index (Phi) is 5.31. The number of allylic oxidation sites excluding steroid dienone is 1. The van der Waals surface area contributed by atoms with Gasteiger partial charge >= 0.3 is 0 Å². The van der Waals surface area contributed by atoms with E-state index in [4.69, 9.17) is 10.5 Å². The number of aromatic nitrogens is 4. The zero-order chi connectivity index (χ0) is 19.7. The van der Waals surface area contributed by atoms with Gasteiger partial charge in [0.25, 0.3) is 0 Å². The Morgan fingerprint density at radius 3 is 2.71 bits per heavy atom. The highest BCUT2D eigenvalue weighted by molar-refractivity contribution is 5.82. The maximum Gasteiger partial charge on any atom is 0.245 e. The van der Waals surface area contributed by atoms with E-state index in [-0.39, 0.29) is 11.8 Å². The lowest BCUT2D eigenvalue weighted by atomic mass is 9.96. The Bertz CT molecular complexity index is 863. The Labute approximate surface area is 161 Å². The first kappa shape index (κ1) is 18.9. The van der Waals surface area contributed by atoms with E-state index in [1.54, 1.807) is 0 Å². The summed E-state index contributed by atoms with van der Waals surface area (Å²) in [6, 6.07) is 0. The van der Waals surface area contributed by atoms with Crippen LogP contribution in [0.3, 0.4) is 0 Å². The number of aliphatic hydroxyl groups is 3. The standard InChI is InChI=1S/C17H25N7O4/c18-14-11-15(22-17(21-14)23-20-6-9-4-2-1-3-5-9)24(8-19-11)16-13(27)12(26)10(7-25)28-16/h6,8,10,12-13,16,20,25-27H,1-5,7H2,(H3,18,21,22,23)/t10-,12-,13-,16-/m1/s1. The topological polar surface area (TPSA) is 164 Å². The smallest absolute Gasteiger partial charge is 0.245 e. The highest BCUT2D eigenvalue weighted by Gasteiger charge is 2.44. The van der Waals surface area contributed by atoms with Crippen LogP contribution in [0.25, 0.3) is 11.2 Å². The number of hydrazine groups is 1. The second kappa shape index (κ2) is 7.87. The van der Waals surface area contributed by atoms with Gasteiger partial charge in [-0.3, -0.25) is 9.99 Å². The van der Waals surface area contributed by atoms with Gasteiger partial charge in [-0.1, -0.05) is 12.0 Å². The van der Waals surface area contributed by atoms with Crippen LogP contribution in [0, 0.1) is 0 Å². The molecule has 7 N–H and O–H groups in total. The van der Waals surface area contributed by atoms with E-state index in [0.29, 0.717) is 11.2 Å². The lowest BCUT2D eigenvalue weighted by molar-refractivity contribution is -0.0511. The largest absolute Gasteiger partial charge is 0.394 e. The third-order valence-electron chi connectivity index (χ3n) is 5.20. The van der Waals surface area contributed by atoms with Crippen LogP contribution in [0.5, 0.6) is 0 Å². The molecule has 11 heteroatoms. The number of nitrogens with one attached hydrogen (secondary N) is 2. The predicted molar refractivity (Wildman–Crippen MR) is 101 cm³/mol. The third-order valence-corrected chi connectivity index (χ3v) is 5.20. The first-order valence-corrected chi connectivity index (χ1v) is 9.40. The lowest BCUT2D eigenvalue weighted by Crippen LogP contribution is -2.33. The van der Waals surface area contributed by atoms with Gasteiger partial charge in [0.05, 0.1) is 12.9 Å². The van der Waals surface area contributed by atoms with E-state index in [0.717, 1.165) is 12.8 Å². The van der Waals surface area contributed by atoms with Crippen molar-refractivity contribution in [3.05, 3.63) is 18.1 Å². The molecule has 1 aliphatic carbocycles. The van der Waals surface area contributed by atoms with Gasteiger partial charge in [0.2, 0.25) is 5.95 Å². The van der Waals surface area contributed by atoms with E-state index < -0.39 is 31.1 Å². The van der Waals surface area contributed by atoms with Crippen molar-refractivity contribution in [1.82, 2.24) is 24.9 Å². The van der Waals surface area contributed by atoms with Crippen LogP contribution in [0.2, 0.25) is 0 Å². The highest BCUT2D eigenvalue weighted by Crippen LogP contribution is 2.32. The number of nitrogens with two attached hydrogens (primary N) is 1. The Balaban J connectivity index is 1.56. The zero-order valence-corrected chi connectivity index (χ0v) is 15.3. The fraction of sp³-hybridized carbons (Fsp3) is 0.588. The monoisotopic (exact) mass is 391 g/mol. The molecule has 152 valence electrons. The van der Waals surface area contributed by atoms with E-state index in [1.165, 1.54) is 35.7 Å². The van der Waals surface area contributed by atoms with E-state index in [1.807, 2.05) is 6.20 Å². The fourth-order valence-electron chi connectivity index (χ4n) is 3.64. The summed E-state index contributed by atoms with van der Waals surface area (Å²) in [5.74, 6) is 0.413. The summed E-state index contributed by atoms with van der Waals surface area (Å²) in [6.45, 7) is -0.413. The van der Waals surface area contributed by atoms with Crippen LogP contribution in [-0.2, 0) is 4.74 Å². The molecule has 2 aromatic rings. The SMILES string of the molecule is Nc1nc(NNC=C2CCCCC2)nc2c1ncn2[C@@H]1O[C@H](CO)[C@@H](O)[C@H]1O. The summed E-state index contributed by atoms with van der Waals surface area (Å²) in [6.07, 6.45) is 4.87. The van der Waals surface area contributed by atoms with Gasteiger partial charge in [0, 0.05) is 6.20 Å². The molecule has 0 amide bonds. The van der Waals surface area contributed by atoms with Gasteiger partial charge in [0.15, 0.2) is 17.7 Å². The molecule has 11 nitrogen and oxygen atoms in total. The van der Waals surface area contributed by atoms with Crippen LogP contribution in [-0.4, -0.2) is 59.8 Å². The predicted octanol–water partition coefficient (Wildman–Crippen LogP) is -0.216. The van der Waals surface area contributed by atoms with Crippen molar-refractivity contribution >= 4 is 22.9 Å². The summed E-state index contributed by atoms with van der Waals surface area (Å²) < 4.78 is 7.03. The van der Waals surface area contributed by atoms with Gasteiger partial charge in [-0.2, -0.15) is 9.97 Å². The van der Waals surface area contributed by atoms with Crippen molar-refractivity contribution in [2.45, 2.75) is 56.6 Å². The molecule has 2 aromatic heterocycles. The molecule has 2 aliphatic rings. The first-order chi connectivity index (χ1) is 13.6. The Hall–Kier alpha value is -2.47. The molecule has 2 fully saturated rings. The molecular weight excluding hydrogens is 366 g/mol. The van der Waals surface area contributed by atoms with Gasteiger partial charge in [-0.05, 0) is 25.7 Å². The van der Waals surface area contributed by atoms with E-state index in [9.17, 15) is 15.3 Å². The Morgan fingerprint density at radius 1 is 1.21 bits per heavy atom. The second-order valence-corrected chi connectivity index (χ2v) is 7.12. The summed E-state index contributed by atoms with van der Waals surface area (Å²) in [7, 11) is 0. The molecule has 1 saturated carbocycles. The van der Waals surface area contributed by atoms with Crippen molar-refractivity contribution < 1.29 is 20.1 Å². The summed E-state index contributed by atoms with van der Waals surface area (Å²) >= 11 is 0. The van der Waals surface area contributed by atoms with Crippen LogP contribution in [0.4, 0.5) is 11.8 Å². The molecule has 28 heavy (non-hydrogen) atoms. The minimum atomic E-state index is -1.24. The van der Waals surface area contributed by atoms with Crippen LogP contribution in [0.15, 0.2) is 18.1 Å². The minimum absolute atomic E-state index is 0.171. The number of ether oxygens (including phenoxy) is 1. The molecule has 0 radical (unpaired) electrons. The van der Waals surface area contributed by atoms with Crippen molar-refractivity contribution in [2.24, 2.45) is 0 Å². The van der Waals surface area contributed by atoms with Gasteiger partial charge in [-0.25, -0.2) is 4.98 Å². The Morgan fingerprint density at radius 2 is 2.00 bits per heavy atom. The first-order valence-electron chi connectivity index (χ1n) is 9.40. The molecule has 0 unspecified atom stereocenters. The van der Waals surface area contributed by atoms with Crippen molar-refractivity contribution in [1.29, 1.82) is 0 Å². The normalized spacial score (nSPS) is 27.9. The van der Waals surface area contributed by atoms with E-state index >= 15 is 0 Å². The number of anilines is 2. The molecule has 1 aliphatic heterocycles. The molecular formula is C17H25N7O4. The molecule has 4 rings (SSSR count). The number of imidazole rings is 1. The fourth-order valence-corrected chi connectivity index (χ4v) is 3.64. The van der Waals surface area contributed by atoms with Gasteiger partial charge in [0.1, 0.15) is 23.8 Å². The number of rotatable bonds is 5. The van der Waals surface area contributed by atoms with Crippen LogP contribution >= 0.6 is 0 Å². The number of nitrogens with zero attached hydrogens (tertiary/aromatic N) is 4. The number of hydrogen-bond donors (Lipinski definition) is 6. The highest BCUT2D eigenvalue weighted by atomic mass is 16.6. The number of fused-ring (bicyclic) bond motifs is 1.